The van der Waals surface area contributed by atoms with E-state index in [9.17, 15) is 33.9 Å². The van der Waals surface area contributed by atoms with Crippen molar-refractivity contribution in [1.29, 1.82) is 0 Å². The number of hydrogen-bond donors (Lipinski definition) is 2. The van der Waals surface area contributed by atoms with Gasteiger partial charge in [-0.2, -0.15) is 0 Å². The van der Waals surface area contributed by atoms with Crippen molar-refractivity contribution in [1.82, 2.24) is 15.1 Å². The lowest BCUT2D eigenvalue weighted by Gasteiger charge is -2.32. The van der Waals surface area contributed by atoms with E-state index in [0.29, 0.717) is 4.90 Å². The summed E-state index contributed by atoms with van der Waals surface area (Å²) < 4.78 is 9.87. The molecule has 1 fully saturated rings. The number of nitrogens with zero attached hydrogens (tertiary/aromatic N) is 2. The molecule has 1 saturated heterocycles. The van der Waals surface area contributed by atoms with Gasteiger partial charge in [-0.05, 0) is 13.0 Å². The van der Waals surface area contributed by atoms with E-state index in [1.54, 1.807) is 6.92 Å². The standard InChI is InChI=1S/C19H20ClN3O9/c1-4-22-5-6-23(17(27)16(22)26)19(30)21-15(18(28)29)11-7-13(31-9(2)24)14(8-12(11)20)32-10(3)25/h7-8,15H,4-6H2,1-3H3,(H,21,30)(H,28,29)/t15-/m1/s1. The van der Waals surface area contributed by atoms with Crippen LogP contribution in [0.2, 0.25) is 5.02 Å². The Morgan fingerprint density at radius 3 is 2.12 bits per heavy atom. The van der Waals surface area contributed by atoms with Gasteiger partial charge in [-0.3, -0.25) is 24.1 Å². The third-order valence-electron chi connectivity index (χ3n) is 4.33. The number of amides is 4. The predicted molar refractivity (Wildman–Crippen MR) is 107 cm³/mol. The summed E-state index contributed by atoms with van der Waals surface area (Å²) in [5, 5.41) is 11.5. The summed E-state index contributed by atoms with van der Waals surface area (Å²) in [7, 11) is 0. The molecule has 0 spiro atoms. The van der Waals surface area contributed by atoms with E-state index < -0.39 is 41.8 Å². The van der Waals surface area contributed by atoms with Crippen LogP contribution in [0.25, 0.3) is 0 Å². The van der Waals surface area contributed by atoms with Crippen LogP contribution in [0.5, 0.6) is 11.5 Å². The molecule has 0 aromatic heterocycles. The molecule has 0 saturated carbocycles. The summed E-state index contributed by atoms with van der Waals surface area (Å²) >= 11 is 6.13. The fourth-order valence-electron chi connectivity index (χ4n) is 2.89. The van der Waals surface area contributed by atoms with Gasteiger partial charge >= 0.3 is 35.8 Å². The molecule has 0 bridgehead atoms. The average Bonchev–Trinajstić information content (AvgIpc) is 2.69. The SMILES string of the molecule is CCN1CCN(C(=O)N[C@@H](C(=O)O)c2cc(OC(C)=O)c(OC(C)=O)cc2Cl)C(=O)C1=O. The van der Waals surface area contributed by atoms with Crippen LogP contribution in [-0.2, 0) is 24.0 Å². The number of hydrogen-bond acceptors (Lipinski definition) is 8. The Hall–Kier alpha value is -3.67. The number of ether oxygens (including phenoxy) is 2. The zero-order chi connectivity index (χ0) is 24.2. The van der Waals surface area contributed by atoms with E-state index in [4.69, 9.17) is 21.1 Å². The van der Waals surface area contributed by atoms with E-state index in [1.807, 2.05) is 0 Å². The predicted octanol–water partition coefficient (Wildman–Crippen LogP) is 0.717. The molecule has 1 heterocycles. The third-order valence-corrected chi connectivity index (χ3v) is 4.66. The number of likely N-dealkylation sites (N-methyl/N-ethyl adjacent to an activating group) is 1. The van der Waals surface area contributed by atoms with Gasteiger partial charge in [0.2, 0.25) is 0 Å². The first-order chi connectivity index (χ1) is 15.0. The van der Waals surface area contributed by atoms with E-state index in [0.717, 1.165) is 26.0 Å². The maximum Gasteiger partial charge on any atom is 0.331 e. The monoisotopic (exact) mass is 469 g/mol. The number of carboxylic acid groups (broad SMARTS) is 1. The van der Waals surface area contributed by atoms with E-state index in [1.165, 1.54) is 4.90 Å². The summed E-state index contributed by atoms with van der Waals surface area (Å²) in [6, 6.07) is -0.848. The Labute approximate surface area is 187 Å². The maximum absolute atomic E-state index is 12.6. The number of carbonyl (C=O) groups excluding carboxylic acids is 5. The second kappa shape index (κ2) is 10.1. The van der Waals surface area contributed by atoms with Crippen LogP contribution in [0.1, 0.15) is 32.4 Å². The van der Waals surface area contributed by atoms with Crippen LogP contribution in [-0.4, -0.2) is 70.3 Å². The highest BCUT2D eigenvalue weighted by molar-refractivity contribution is 6.38. The number of benzene rings is 1. The van der Waals surface area contributed by atoms with Crippen molar-refractivity contribution in [3.8, 4) is 11.5 Å². The first-order valence-corrected chi connectivity index (χ1v) is 9.68. The van der Waals surface area contributed by atoms with Crippen molar-refractivity contribution in [2.24, 2.45) is 0 Å². The Bertz CT molecular complexity index is 995. The summed E-state index contributed by atoms with van der Waals surface area (Å²) in [6.07, 6.45) is 0. The van der Waals surface area contributed by atoms with Gasteiger partial charge in [0.15, 0.2) is 17.5 Å². The summed E-state index contributed by atoms with van der Waals surface area (Å²) in [5.74, 6) is -5.64. The molecule has 1 aliphatic rings. The lowest BCUT2D eigenvalue weighted by atomic mass is 10.1. The molecule has 1 atom stereocenters. The third kappa shape index (κ3) is 5.52. The largest absolute Gasteiger partial charge is 0.479 e. The fraction of sp³-hybridized carbons (Fsp3) is 0.368. The average molecular weight is 470 g/mol. The first kappa shape index (κ1) is 24.6. The zero-order valence-electron chi connectivity index (χ0n) is 17.3. The molecule has 1 aromatic carbocycles. The molecule has 12 nitrogen and oxygen atoms in total. The summed E-state index contributed by atoms with van der Waals surface area (Å²) in [6.45, 7) is 4.08. The molecule has 1 aliphatic heterocycles. The van der Waals surface area contributed by atoms with Crippen LogP contribution in [0.3, 0.4) is 0 Å². The second-order valence-corrected chi connectivity index (χ2v) is 6.98. The van der Waals surface area contributed by atoms with Crippen LogP contribution in [0.4, 0.5) is 4.79 Å². The highest BCUT2D eigenvalue weighted by atomic mass is 35.5. The molecule has 4 amide bonds. The molecule has 172 valence electrons. The van der Waals surface area contributed by atoms with Gasteiger partial charge in [-0.15, -0.1) is 0 Å². The Morgan fingerprint density at radius 1 is 1.06 bits per heavy atom. The molecule has 13 heteroatoms. The molecule has 0 aliphatic carbocycles. The highest BCUT2D eigenvalue weighted by Gasteiger charge is 2.37. The van der Waals surface area contributed by atoms with Gasteiger partial charge in [0, 0.05) is 45.1 Å². The van der Waals surface area contributed by atoms with Crippen molar-refractivity contribution < 1.29 is 43.3 Å². The minimum Gasteiger partial charge on any atom is -0.479 e. The van der Waals surface area contributed by atoms with Gasteiger partial charge in [0.25, 0.3) is 0 Å². The van der Waals surface area contributed by atoms with Crippen LogP contribution in [0, 0.1) is 0 Å². The number of aliphatic carboxylic acids is 1. The van der Waals surface area contributed by atoms with E-state index in [2.05, 4.69) is 5.32 Å². The van der Waals surface area contributed by atoms with Crippen molar-refractivity contribution in [2.75, 3.05) is 19.6 Å². The van der Waals surface area contributed by atoms with Crippen molar-refractivity contribution in [3.63, 3.8) is 0 Å². The zero-order valence-corrected chi connectivity index (χ0v) is 18.1. The molecular formula is C19H20ClN3O9. The van der Waals surface area contributed by atoms with Gasteiger partial charge in [0.1, 0.15) is 0 Å². The maximum atomic E-state index is 12.6. The minimum atomic E-state index is -1.79. The highest BCUT2D eigenvalue weighted by Crippen LogP contribution is 2.37. The normalized spacial score (nSPS) is 14.6. The minimum absolute atomic E-state index is 0.0979. The van der Waals surface area contributed by atoms with Crippen molar-refractivity contribution in [3.05, 3.63) is 22.7 Å². The number of urea groups is 1. The molecule has 2 rings (SSSR count). The number of piperazine rings is 1. The van der Waals surface area contributed by atoms with Crippen molar-refractivity contribution >= 4 is 47.4 Å². The molecule has 1 aromatic rings. The number of halogens is 1. The van der Waals surface area contributed by atoms with Gasteiger partial charge in [0.05, 0.1) is 5.02 Å². The van der Waals surface area contributed by atoms with Gasteiger partial charge in [-0.25, -0.2) is 9.59 Å². The van der Waals surface area contributed by atoms with Gasteiger partial charge in [-0.1, -0.05) is 11.6 Å². The molecular weight excluding hydrogens is 450 g/mol. The smallest absolute Gasteiger partial charge is 0.331 e. The Morgan fingerprint density at radius 2 is 1.62 bits per heavy atom. The molecule has 0 radical (unpaired) electrons. The number of carbonyl (C=O) groups is 6. The number of carboxylic acids is 1. The Balaban J connectivity index is 2.37. The topological polar surface area (TPSA) is 160 Å². The number of imide groups is 1. The second-order valence-electron chi connectivity index (χ2n) is 6.57. The Kier molecular flexibility index (Phi) is 7.76. The first-order valence-electron chi connectivity index (χ1n) is 9.30. The van der Waals surface area contributed by atoms with Crippen LogP contribution < -0.4 is 14.8 Å². The summed E-state index contributed by atoms with van der Waals surface area (Å²) in [4.78, 5) is 73.2. The molecule has 32 heavy (non-hydrogen) atoms. The van der Waals surface area contributed by atoms with E-state index >= 15 is 0 Å². The number of nitrogens with one attached hydrogen (secondary N) is 1. The number of rotatable bonds is 6. The van der Waals surface area contributed by atoms with Gasteiger partial charge < -0.3 is 24.8 Å². The van der Waals surface area contributed by atoms with Crippen molar-refractivity contribution in [2.45, 2.75) is 26.8 Å². The lowest BCUT2D eigenvalue weighted by molar-refractivity contribution is -0.153. The van der Waals surface area contributed by atoms with Crippen LogP contribution in [0.15, 0.2) is 12.1 Å². The lowest BCUT2D eigenvalue weighted by Crippen LogP contribution is -2.58. The summed E-state index contributed by atoms with van der Waals surface area (Å²) in [5.41, 5.74) is -0.217. The fourth-order valence-corrected chi connectivity index (χ4v) is 3.15. The molecule has 0 unspecified atom stereocenters. The number of esters is 2. The van der Waals surface area contributed by atoms with Crippen LogP contribution >= 0.6 is 11.6 Å². The molecule has 2 N–H and O–H groups in total. The quantitative estimate of drug-likeness (QED) is 0.347. The van der Waals surface area contributed by atoms with E-state index in [-0.39, 0.29) is 41.7 Å².